The van der Waals surface area contributed by atoms with Crippen LogP contribution in [-0.4, -0.2) is 60.1 Å². The summed E-state index contributed by atoms with van der Waals surface area (Å²) in [5.74, 6) is -0.470. The normalized spacial score (nSPS) is 14.9. The maximum Gasteiger partial charge on any atom is 0.341 e. The quantitative estimate of drug-likeness (QED) is 0.313. The number of rotatable bonds is 11. The Morgan fingerprint density at radius 3 is 2.63 bits per heavy atom. The highest BCUT2D eigenvalue weighted by molar-refractivity contribution is 8.00. The van der Waals surface area contributed by atoms with Crippen LogP contribution in [0.4, 0.5) is 5.00 Å². The lowest BCUT2D eigenvalue weighted by molar-refractivity contribution is -0.143. The molecule has 0 fully saturated rings. The lowest BCUT2D eigenvalue weighted by atomic mass is 9.88. The van der Waals surface area contributed by atoms with E-state index in [1.807, 2.05) is 6.07 Å². The second kappa shape index (κ2) is 14.1. The highest BCUT2D eigenvalue weighted by Crippen LogP contribution is 2.40. The minimum Gasteiger partial charge on any atom is -0.497 e. The Morgan fingerprint density at radius 2 is 1.90 bits per heavy atom. The van der Waals surface area contributed by atoms with Crippen LogP contribution in [-0.2, 0) is 43.2 Å². The number of carbonyl (C=O) groups is 4. The molecule has 4 rings (SSSR count). The molecule has 0 aliphatic heterocycles. The van der Waals surface area contributed by atoms with Crippen LogP contribution >= 0.6 is 34.4 Å². The van der Waals surface area contributed by atoms with E-state index in [-0.39, 0.29) is 37.2 Å². The van der Waals surface area contributed by atoms with Crippen molar-refractivity contribution in [3.63, 3.8) is 0 Å². The van der Waals surface area contributed by atoms with Crippen LogP contribution in [0.1, 0.15) is 48.0 Å². The number of benzene rings is 1. The molecular formula is C28H33N3O7S3. The van der Waals surface area contributed by atoms with Crippen molar-refractivity contribution >= 4 is 73.4 Å². The number of nitrogens with zero attached hydrogens (tertiary/aromatic N) is 2. The van der Waals surface area contributed by atoms with Crippen molar-refractivity contribution in [3.05, 3.63) is 39.0 Å². The summed E-state index contributed by atoms with van der Waals surface area (Å²) >= 11 is 3.82. The van der Waals surface area contributed by atoms with E-state index in [0.717, 1.165) is 51.7 Å². The van der Waals surface area contributed by atoms with E-state index < -0.39 is 17.8 Å². The number of amides is 2. The molecule has 0 saturated heterocycles. The minimum atomic E-state index is -0.438. The largest absolute Gasteiger partial charge is 0.497 e. The van der Waals surface area contributed by atoms with Crippen LogP contribution in [0, 0.1) is 5.92 Å². The van der Waals surface area contributed by atoms with Gasteiger partial charge in [-0.2, -0.15) is 4.99 Å². The number of nitrogens with one attached hydrogen (secondary N) is 1. The SMILES string of the molecule is CCOC(=O)Cn1c(=NC(=O)CSCC(=O)Nc2sc3c(c2C(=O)OCC)CCC(C)C3)sc2cc(OC)ccc21. The highest BCUT2D eigenvalue weighted by Gasteiger charge is 2.29. The number of methoxy groups -OCH3 is 1. The highest BCUT2D eigenvalue weighted by atomic mass is 32.2. The van der Waals surface area contributed by atoms with Crippen LogP contribution in [0.5, 0.6) is 5.75 Å². The maximum absolute atomic E-state index is 12.8. The van der Waals surface area contributed by atoms with Crippen molar-refractivity contribution in [2.24, 2.45) is 10.9 Å². The topological polar surface area (TPSA) is 125 Å². The monoisotopic (exact) mass is 619 g/mol. The van der Waals surface area contributed by atoms with Gasteiger partial charge in [0.1, 0.15) is 17.3 Å². The van der Waals surface area contributed by atoms with Crippen molar-refractivity contribution < 1.29 is 33.4 Å². The number of thiazole rings is 1. The molecule has 1 aliphatic rings. The first kappa shape index (κ1) is 30.8. The van der Waals surface area contributed by atoms with Crippen molar-refractivity contribution in [2.75, 3.05) is 37.1 Å². The number of ether oxygens (including phenoxy) is 3. The van der Waals surface area contributed by atoms with E-state index in [0.29, 0.717) is 27.0 Å². The first-order valence-electron chi connectivity index (χ1n) is 13.3. The summed E-state index contributed by atoms with van der Waals surface area (Å²) in [5, 5.41) is 3.37. The van der Waals surface area contributed by atoms with Crippen molar-refractivity contribution in [1.29, 1.82) is 0 Å². The summed E-state index contributed by atoms with van der Waals surface area (Å²) in [7, 11) is 1.56. The summed E-state index contributed by atoms with van der Waals surface area (Å²) in [6.07, 6.45) is 2.63. The lowest BCUT2D eigenvalue weighted by Crippen LogP contribution is -2.23. The van der Waals surface area contributed by atoms with Gasteiger partial charge in [0.05, 0.1) is 47.6 Å². The molecule has 1 unspecified atom stereocenters. The molecule has 0 radical (unpaired) electrons. The third kappa shape index (κ3) is 7.57. The van der Waals surface area contributed by atoms with E-state index >= 15 is 0 Å². The van der Waals surface area contributed by atoms with Gasteiger partial charge < -0.3 is 24.1 Å². The molecule has 0 saturated carbocycles. The number of aromatic nitrogens is 1. The fourth-order valence-corrected chi connectivity index (χ4v) is 7.63. The molecule has 10 nitrogen and oxygen atoms in total. The number of anilines is 1. The number of thioether (sulfide) groups is 1. The van der Waals surface area contributed by atoms with Crippen LogP contribution in [0.2, 0.25) is 0 Å². The number of fused-ring (bicyclic) bond motifs is 2. The van der Waals surface area contributed by atoms with E-state index in [9.17, 15) is 19.2 Å². The van der Waals surface area contributed by atoms with Gasteiger partial charge in [-0.1, -0.05) is 18.3 Å². The van der Waals surface area contributed by atoms with Crippen molar-refractivity contribution in [1.82, 2.24) is 4.57 Å². The second-order valence-corrected chi connectivity index (χ2v) is 12.5. The lowest BCUT2D eigenvalue weighted by Gasteiger charge is -2.18. The van der Waals surface area contributed by atoms with E-state index in [2.05, 4.69) is 17.2 Å². The molecule has 13 heteroatoms. The third-order valence-corrected chi connectivity index (χ3v) is 9.53. The molecule has 1 aromatic carbocycles. The van der Waals surface area contributed by atoms with Gasteiger partial charge in [0.15, 0.2) is 4.80 Å². The van der Waals surface area contributed by atoms with E-state index in [1.54, 1.807) is 37.7 Å². The Bertz CT molecular complexity index is 1520. The number of carbonyl (C=O) groups excluding carboxylic acids is 4. The van der Waals surface area contributed by atoms with Gasteiger partial charge in [-0.25, -0.2) is 4.79 Å². The molecule has 1 aliphatic carbocycles. The zero-order valence-electron chi connectivity index (χ0n) is 23.4. The number of thiophene rings is 1. The summed E-state index contributed by atoms with van der Waals surface area (Å²) in [4.78, 5) is 56.2. The van der Waals surface area contributed by atoms with Crippen molar-refractivity contribution in [3.8, 4) is 5.75 Å². The summed E-state index contributed by atoms with van der Waals surface area (Å²) < 4.78 is 18.1. The van der Waals surface area contributed by atoms with Gasteiger partial charge in [-0.05, 0) is 62.8 Å². The molecule has 3 aromatic rings. The smallest absolute Gasteiger partial charge is 0.341 e. The Kier molecular flexibility index (Phi) is 10.6. The van der Waals surface area contributed by atoms with Gasteiger partial charge in [0.25, 0.3) is 5.91 Å². The van der Waals surface area contributed by atoms with E-state index in [4.69, 9.17) is 14.2 Å². The first-order chi connectivity index (χ1) is 19.7. The maximum atomic E-state index is 12.8. The average Bonchev–Trinajstić information content (AvgIpc) is 3.44. The second-order valence-electron chi connectivity index (χ2n) is 9.43. The molecule has 1 atom stereocenters. The Balaban J connectivity index is 1.44. The van der Waals surface area contributed by atoms with Gasteiger partial charge in [0.2, 0.25) is 5.91 Å². The van der Waals surface area contributed by atoms with Gasteiger partial charge in [-0.15, -0.1) is 23.1 Å². The standard InChI is InChI=1S/C28H33N3O7S3/c1-5-37-24(34)13-31-19-10-8-17(36-4)12-21(19)41-28(31)30-23(33)15-39-14-22(32)29-26-25(27(35)38-6-2)18-9-7-16(3)11-20(18)40-26/h8,10,12,16H,5-7,9,11,13-15H2,1-4H3,(H,29,32). The zero-order valence-corrected chi connectivity index (χ0v) is 25.9. The fraction of sp³-hybridized carbons (Fsp3) is 0.464. The predicted molar refractivity (Wildman–Crippen MR) is 161 cm³/mol. The van der Waals surface area contributed by atoms with Gasteiger partial charge in [0, 0.05) is 4.88 Å². The fourth-order valence-electron chi connectivity index (χ4n) is 4.55. The van der Waals surface area contributed by atoms with Gasteiger partial charge in [-0.3, -0.25) is 14.4 Å². The van der Waals surface area contributed by atoms with Crippen molar-refractivity contribution in [2.45, 2.75) is 46.6 Å². The Hall–Kier alpha value is -3.16. The van der Waals surface area contributed by atoms with Crippen LogP contribution in [0.25, 0.3) is 10.2 Å². The molecule has 2 aromatic heterocycles. The minimum absolute atomic E-state index is 0.00886. The molecule has 41 heavy (non-hydrogen) atoms. The predicted octanol–water partition coefficient (Wildman–Crippen LogP) is 4.44. The Labute approximate surface area is 250 Å². The zero-order chi connectivity index (χ0) is 29.5. The molecule has 2 heterocycles. The summed E-state index contributed by atoms with van der Waals surface area (Å²) in [6.45, 7) is 6.07. The number of hydrogen-bond donors (Lipinski definition) is 1. The van der Waals surface area contributed by atoms with Crippen LogP contribution in [0.3, 0.4) is 0 Å². The first-order valence-corrected chi connectivity index (χ1v) is 16.1. The molecular weight excluding hydrogens is 587 g/mol. The number of hydrogen-bond acceptors (Lipinski definition) is 10. The molecule has 0 spiro atoms. The average molecular weight is 620 g/mol. The van der Waals surface area contributed by atoms with Gasteiger partial charge >= 0.3 is 11.9 Å². The molecule has 220 valence electrons. The molecule has 1 N–H and O–H groups in total. The Morgan fingerprint density at radius 1 is 1.12 bits per heavy atom. The summed E-state index contributed by atoms with van der Waals surface area (Å²) in [6, 6.07) is 5.40. The van der Waals surface area contributed by atoms with Crippen LogP contribution in [0.15, 0.2) is 23.2 Å². The van der Waals surface area contributed by atoms with E-state index in [1.165, 1.54) is 22.7 Å². The number of esters is 2. The molecule has 2 amide bonds. The van der Waals surface area contributed by atoms with Crippen LogP contribution < -0.4 is 14.9 Å². The molecule has 0 bridgehead atoms. The third-order valence-electron chi connectivity index (χ3n) is 6.41. The summed E-state index contributed by atoms with van der Waals surface area (Å²) in [5.41, 5.74) is 2.16.